The van der Waals surface area contributed by atoms with Crippen LogP contribution < -0.4 is 0 Å². The van der Waals surface area contributed by atoms with Crippen molar-refractivity contribution in [3.8, 4) is 11.3 Å². The van der Waals surface area contributed by atoms with Gasteiger partial charge in [-0.15, -0.1) is 5.10 Å². The SMILES string of the molecule is CCOC(=O)c1nnn(Cc2ncc(-c3cccc(Cl)c3)o2)c1C. The molecule has 3 aromatic rings. The second-order valence-corrected chi connectivity index (χ2v) is 5.47. The number of carbonyl (C=O) groups is 1. The number of rotatable bonds is 5. The van der Waals surface area contributed by atoms with Gasteiger partial charge in [-0.1, -0.05) is 28.9 Å². The molecule has 0 aliphatic heterocycles. The van der Waals surface area contributed by atoms with E-state index in [1.165, 1.54) is 0 Å². The minimum Gasteiger partial charge on any atom is -0.461 e. The summed E-state index contributed by atoms with van der Waals surface area (Å²) in [6, 6.07) is 7.31. The summed E-state index contributed by atoms with van der Waals surface area (Å²) in [7, 11) is 0. The molecule has 0 amide bonds. The highest BCUT2D eigenvalue weighted by atomic mass is 35.5. The Labute approximate surface area is 143 Å². The van der Waals surface area contributed by atoms with E-state index in [1.807, 2.05) is 12.1 Å². The van der Waals surface area contributed by atoms with Gasteiger partial charge in [0.2, 0.25) is 5.89 Å². The quantitative estimate of drug-likeness (QED) is 0.660. The van der Waals surface area contributed by atoms with E-state index in [-0.39, 0.29) is 18.8 Å². The monoisotopic (exact) mass is 346 g/mol. The third-order valence-electron chi connectivity index (χ3n) is 3.40. The van der Waals surface area contributed by atoms with Gasteiger partial charge in [-0.25, -0.2) is 14.5 Å². The Balaban J connectivity index is 1.79. The third kappa shape index (κ3) is 3.30. The van der Waals surface area contributed by atoms with Crippen LogP contribution in [0.1, 0.15) is 29.0 Å². The summed E-state index contributed by atoms with van der Waals surface area (Å²) in [5.41, 5.74) is 1.62. The minimum atomic E-state index is -0.492. The first kappa shape index (κ1) is 16.2. The molecule has 0 saturated carbocycles. The first-order valence-electron chi connectivity index (χ1n) is 7.36. The van der Waals surface area contributed by atoms with Gasteiger partial charge < -0.3 is 9.15 Å². The predicted molar refractivity (Wildman–Crippen MR) is 86.8 cm³/mol. The van der Waals surface area contributed by atoms with Crippen LogP contribution in [0.3, 0.4) is 0 Å². The van der Waals surface area contributed by atoms with Gasteiger partial charge in [0.05, 0.1) is 18.5 Å². The Morgan fingerprint density at radius 1 is 1.42 bits per heavy atom. The van der Waals surface area contributed by atoms with Crippen LogP contribution in [0.4, 0.5) is 0 Å². The average molecular weight is 347 g/mol. The van der Waals surface area contributed by atoms with Crippen LogP contribution in [-0.2, 0) is 11.3 Å². The Bertz CT molecular complexity index is 872. The standard InChI is InChI=1S/C16H15ClN4O3/c1-3-23-16(22)15-10(2)21(20-19-15)9-14-18-8-13(24-14)11-5-4-6-12(17)7-11/h4-8H,3,9H2,1-2H3. The number of hydrogen-bond acceptors (Lipinski definition) is 6. The fourth-order valence-corrected chi connectivity index (χ4v) is 2.38. The van der Waals surface area contributed by atoms with E-state index in [9.17, 15) is 4.79 Å². The van der Waals surface area contributed by atoms with E-state index in [1.54, 1.807) is 36.9 Å². The molecule has 3 rings (SSSR count). The number of oxazole rings is 1. The van der Waals surface area contributed by atoms with Crippen LogP contribution in [-0.4, -0.2) is 32.6 Å². The zero-order chi connectivity index (χ0) is 17.1. The molecule has 124 valence electrons. The number of hydrogen-bond donors (Lipinski definition) is 0. The summed E-state index contributed by atoms with van der Waals surface area (Å²) in [6.07, 6.45) is 1.62. The van der Waals surface area contributed by atoms with Crippen LogP contribution in [0, 0.1) is 6.92 Å². The molecule has 0 radical (unpaired) electrons. The molecule has 0 spiro atoms. The third-order valence-corrected chi connectivity index (χ3v) is 3.63. The number of esters is 1. The number of ether oxygens (including phenoxy) is 1. The topological polar surface area (TPSA) is 83.0 Å². The van der Waals surface area contributed by atoms with Crippen molar-refractivity contribution < 1.29 is 13.9 Å². The maximum Gasteiger partial charge on any atom is 0.360 e. The molecule has 0 aliphatic carbocycles. The van der Waals surface area contributed by atoms with Gasteiger partial charge in [0.15, 0.2) is 11.5 Å². The lowest BCUT2D eigenvalue weighted by atomic mass is 10.2. The molecule has 8 heteroatoms. The molecule has 1 aromatic carbocycles. The molecule has 0 saturated heterocycles. The second-order valence-electron chi connectivity index (χ2n) is 5.03. The number of benzene rings is 1. The largest absolute Gasteiger partial charge is 0.461 e. The van der Waals surface area contributed by atoms with Gasteiger partial charge in [0, 0.05) is 10.6 Å². The number of carbonyl (C=O) groups excluding carboxylic acids is 1. The van der Waals surface area contributed by atoms with Crippen molar-refractivity contribution in [2.24, 2.45) is 0 Å². The summed E-state index contributed by atoms with van der Waals surface area (Å²) in [5, 5.41) is 8.44. The van der Waals surface area contributed by atoms with Crippen LogP contribution in [0.5, 0.6) is 0 Å². The molecule has 2 aromatic heterocycles. The van der Waals surface area contributed by atoms with Gasteiger partial charge in [0.1, 0.15) is 6.54 Å². The van der Waals surface area contributed by atoms with Crippen molar-refractivity contribution in [2.75, 3.05) is 6.61 Å². The molecule has 0 fully saturated rings. The van der Waals surface area contributed by atoms with E-state index in [0.717, 1.165) is 5.56 Å². The zero-order valence-electron chi connectivity index (χ0n) is 13.2. The molecule has 0 atom stereocenters. The highest BCUT2D eigenvalue weighted by Crippen LogP contribution is 2.23. The lowest BCUT2D eigenvalue weighted by molar-refractivity contribution is 0.0518. The van der Waals surface area contributed by atoms with Crippen molar-refractivity contribution in [1.82, 2.24) is 20.0 Å². The fraction of sp³-hybridized carbons (Fsp3) is 0.250. The molecule has 0 aliphatic rings. The second kappa shape index (κ2) is 6.84. The first-order chi connectivity index (χ1) is 11.6. The lowest BCUT2D eigenvalue weighted by Gasteiger charge is -2.01. The van der Waals surface area contributed by atoms with Gasteiger partial charge in [0.25, 0.3) is 0 Å². The van der Waals surface area contributed by atoms with Crippen LogP contribution in [0.15, 0.2) is 34.9 Å². The number of halogens is 1. The van der Waals surface area contributed by atoms with E-state index < -0.39 is 5.97 Å². The van der Waals surface area contributed by atoms with Gasteiger partial charge in [-0.05, 0) is 26.0 Å². The molecule has 24 heavy (non-hydrogen) atoms. The minimum absolute atomic E-state index is 0.193. The van der Waals surface area contributed by atoms with E-state index in [2.05, 4.69) is 15.3 Å². The average Bonchev–Trinajstić information content (AvgIpc) is 3.16. The summed E-state index contributed by atoms with van der Waals surface area (Å²) in [6.45, 7) is 4.03. The fourth-order valence-electron chi connectivity index (χ4n) is 2.19. The molecular weight excluding hydrogens is 332 g/mol. The molecule has 0 bridgehead atoms. The molecule has 0 N–H and O–H groups in total. The van der Waals surface area contributed by atoms with Gasteiger partial charge in [-0.3, -0.25) is 0 Å². The summed E-state index contributed by atoms with van der Waals surface area (Å²) >= 11 is 5.98. The molecule has 2 heterocycles. The highest BCUT2D eigenvalue weighted by molar-refractivity contribution is 6.30. The Hall–Kier alpha value is -2.67. The number of nitrogens with zero attached hydrogens (tertiary/aromatic N) is 4. The summed E-state index contributed by atoms with van der Waals surface area (Å²) < 4.78 is 12.2. The Morgan fingerprint density at radius 2 is 2.25 bits per heavy atom. The van der Waals surface area contributed by atoms with E-state index in [4.69, 9.17) is 20.8 Å². The summed E-state index contributed by atoms with van der Waals surface area (Å²) in [5.74, 6) is 0.567. The predicted octanol–water partition coefficient (Wildman–Crippen LogP) is 3.12. The van der Waals surface area contributed by atoms with Crippen molar-refractivity contribution in [1.29, 1.82) is 0 Å². The maximum atomic E-state index is 11.8. The van der Waals surface area contributed by atoms with E-state index >= 15 is 0 Å². The van der Waals surface area contributed by atoms with Crippen molar-refractivity contribution >= 4 is 17.6 Å². The highest BCUT2D eigenvalue weighted by Gasteiger charge is 2.18. The van der Waals surface area contributed by atoms with E-state index in [0.29, 0.717) is 22.4 Å². The van der Waals surface area contributed by atoms with Crippen LogP contribution in [0.25, 0.3) is 11.3 Å². The Morgan fingerprint density at radius 3 is 3.00 bits per heavy atom. The van der Waals surface area contributed by atoms with Crippen molar-refractivity contribution in [3.63, 3.8) is 0 Å². The number of aromatic nitrogens is 4. The van der Waals surface area contributed by atoms with Crippen molar-refractivity contribution in [2.45, 2.75) is 20.4 Å². The normalized spacial score (nSPS) is 10.8. The van der Waals surface area contributed by atoms with Crippen molar-refractivity contribution in [3.05, 3.63) is 52.8 Å². The molecular formula is C16H15ClN4O3. The zero-order valence-corrected chi connectivity index (χ0v) is 13.9. The molecule has 7 nitrogen and oxygen atoms in total. The van der Waals surface area contributed by atoms with Crippen LogP contribution in [0.2, 0.25) is 5.02 Å². The van der Waals surface area contributed by atoms with Gasteiger partial charge >= 0.3 is 5.97 Å². The smallest absolute Gasteiger partial charge is 0.360 e. The van der Waals surface area contributed by atoms with Gasteiger partial charge in [-0.2, -0.15) is 0 Å². The molecule has 0 unspecified atom stereocenters. The maximum absolute atomic E-state index is 11.8. The Kier molecular flexibility index (Phi) is 4.61. The van der Waals surface area contributed by atoms with Crippen LogP contribution >= 0.6 is 11.6 Å². The lowest BCUT2D eigenvalue weighted by Crippen LogP contribution is -2.09. The first-order valence-corrected chi connectivity index (χ1v) is 7.74. The summed E-state index contributed by atoms with van der Waals surface area (Å²) in [4.78, 5) is 16.0.